The van der Waals surface area contributed by atoms with Gasteiger partial charge in [-0.25, -0.2) is 0 Å². The van der Waals surface area contributed by atoms with E-state index in [2.05, 4.69) is 5.32 Å². The van der Waals surface area contributed by atoms with Crippen LogP contribution in [0, 0.1) is 5.92 Å². The van der Waals surface area contributed by atoms with E-state index in [1.807, 2.05) is 6.92 Å². The molecule has 1 saturated carbocycles. The molecule has 1 atom stereocenters. The standard InChI is InChI=1S/C13H26N2O/c1-11(13(16)15(2)3)14-10-6-9-12-7-4-5-8-12/h11-12,14H,4-10H2,1-3H3. The average Bonchev–Trinajstić information content (AvgIpc) is 2.75. The molecular formula is C13H26N2O. The van der Waals surface area contributed by atoms with Crippen molar-refractivity contribution in [3.8, 4) is 0 Å². The zero-order valence-electron chi connectivity index (χ0n) is 11.0. The van der Waals surface area contributed by atoms with Gasteiger partial charge in [0.1, 0.15) is 0 Å². The van der Waals surface area contributed by atoms with E-state index in [-0.39, 0.29) is 11.9 Å². The molecule has 1 fully saturated rings. The fraction of sp³-hybridized carbons (Fsp3) is 0.923. The number of hydrogen-bond acceptors (Lipinski definition) is 2. The summed E-state index contributed by atoms with van der Waals surface area (Å²) < 4.78 is 0. The summed E-state index contributed by atoms with van der Waals surface area (Å²) in [4.78, 5) is 13.2. The van der Waals surface area contributed by atoms with Gasteiger partial charge >= 0.3 is 0 Å². The molecule has 0 bridgehead atoms. The molecule has 1 N–H and O–H groups in total. The molecule has 3 nitrogen and oxygen atoms in total. The van der Waals surface area contributed by atoms with Gasteiger partial charge in [0.05, 0.1) is 6.04 Å². The Bertz CT molecular complexity index is 210. The van der Waals surface area contributed by atoms with Gasteiger partial charge < -0.3 is 10.2 Å². The van der Waals surface area contributed by atoms with Crippen molar-refractivity contribution in [3.05, 3.63) is 0 Å². The summed E-state index contributed by atoms with van der Waals surface area (Å²) in [5.74, 6) is 1.13. The molecule has 1 aliphatic carbocycles. The number of rotatable bonds is 6. The number of carbonyl (C=O) groups excluding carboxylic acids is 1. The molecule has 0 aliphatic heterocycles. The molecule has 16 heavy (non-hydrogen) atoms. The van der Waals surface area contributed by atoms with Crippen LogP contribution in [0.1, 0.15) is 45.4 Å². The second-order valence-corrected chi connectivity index (χ2v) is 5.20. The van der Waals surface area contributed by atoms with E-state index < -0.39 is 0 Å². The lowest BCUT2D eigenvalue weighted by molar-refractivity contribution is -0.130. The highest BCUT2D eigenvalue weighted by atomic mass is 16.2. The Balaban J connectivity index is 2.03. The van der Waals surface area contributed by atoms with Gasteiger partial charge in [0.25, 0.3) is 0 Å². The van der Waals surface area contributed by atoms with Gasteiger partial charge in [-0.15, -0.1) is 0 Å². The molecule has 0 aromatic carbocycles. The summed E-state index contributed by atoms with van der Waals surface area (Å²) >= 11 is 0. The van der Waals surface area contributed by atoms with E-state index in [0.29, 0.717) is 0 Å². The lowest BCUT2D eigenvalue weighted by Crippen LogP contribution is -2.41. The summed E-state index contributed by atoms with van der Waals surface area (Å²) in [6.45, 7) is 2.91. The first-order valence-corrected chi connectivity index (χ1v) is 6.56. The van der Waals surface area contributed by atoms with Crippen LogP contribution in [0.3, 0.4) is 0 Å². The van der Waals surface area contributed by atoms with E-state index in [1.54, 1.807) is 19.0 Å². The molecule has 0 saturated heterocycles. The molecule has 3 heteroatoms. The summed E-state index contributed by atoms with van der Waals surface area (Å²) in [6, 6.07) is -0.0430. The Morgan fingerprint density at radius 3 is 2.56 bits per heavy atom. The maximum atomic E-state index is 11.6. The second kappa shape index (κ2) is 6.89. The minimum absolute atomic E-state index is 0.0430. The molecule has 94 valence electrons. The largest absolute Gasteiger partial charge is 0.347 e. The predicted octanol–water partition coefficient (Wildman–Crippen LogP) is 2.02. The Morgan fingerprint density at radius 1 is 1.38 bits per heavy atom. The van der Waals surface area contributed by atoms with Gasteiger partial charge in [-0.1, -0.05) is 25.7 Å². The highest BCUT2D eigenvalue weighted by Crippen LogP contribution is 2.28. The fourth-order valence-corrected chi connectivity index (χ4v) is 2.48. The van der Waals surface area contributed by atoms with Crippen LogP contribution in [-0.2, 0) is 4.79 Å². The van der Waals surface area contributed by atoms with Crippen LogP contribution in [0.25, 0.3) is 0 Å². The third kappa shape index (κ3) is 4.52. The first-order chi connectivity index (χ1) is 7.61. The summed E-state index contributed by atoms with van der Waals surface area (Å²) in [5.41, 5.74) is 0. The quantitative estimate of drug-likeness (QED) is 0.703. The molecule has 0 radical (unpaired) electrons. The SMILES string of the molecule is CC(NCCCC1CCCC1)C(=O)N(C)C. The molecule has 1 amide bonds. The van der Waals surface area contributed by atoms with Crippen molar-refractivity contribution >= 4 is 5.91 Å². The molecule has 1 aliphatic rings. The van der Waals surface area contributed by atoms with Crippen LogP contribution in [0.4, 0.5) is 0 Å². The van der Waals surface area contributed by atoms with Crippen LogP contribution in [0.2, 0.25) is 0 Å². The Kier molecular flexibility index (Phi) is 5.81. The summed E-state index contributed by atoms with van der Waals surface area (Å²) in [6.07, 6.45) is 8.23. The normalized spacial score (nSPS) is 18.7. The Hall–Kier alpha value is -0.570. The molecule has 0 spiro atoms. The number of nitrogens with one attached hydrogen (secondary N) is 1. The molecule has 1 rings (SSSR count). The van der Waals surface area contributed by atoms with Crippen molar-refractivity contribution in [2.45, 2.75) is 51.5 Å². The number of hydrogen-bond donors (Lipinski definition) is 1. The van der Waals surface area contributed by atoms with Gasteiger partial charge in [-0.05, 0) is 32.2 Å². The van der Waals surface area contributed by atoms with Crippen molar-refractivity contribution in [1.82, 2.24) is 10.2 Å². The van der Waals surface area contributed by atoms with Crippen LogP contribution < -0.4 is 5.32 Å². The predicted molar refractivity (Wildman–Crippen MR) is 67.4 cm³/mol. The van der Waals surface area contributed by atoms with E-state index in [1.165, 1.54) is 38.5 Å². The third-order valence-corrected chi connectivity index (χ3v) is 3.53. The average molecular weight is 226 g/mol. The third-order valence-electron chi connectivity index (χ3n) is 3.53. The molecule has 1 unspecified atom stereocenters. The minimum Gasteiger partial charge on any atom is -0.347 e. The van der Waals surface area contributed by atoms with Gasteiger partial charge in [-0.2, -0.15) is 0 Å². The Labute approximate surface area is 99.6 Å². The lowest BCUT2D eigenvalue weighted by atomic mass is 10.0. The molecular weight excluding hydrogens is 200 g/mol. The number of likely N-dealkylation sites (N-methyl/N-ethyl adjacent to an activating group) is 1. The van der Waals surface area contributed by atoms with Gasteiger partial charge in [0, 0.05) is 14.1 Å². The Morgan fingerprint density at radius 2 is 2.00 bits per heavy atom. The highest BCUT2D eigenvalue weighted by molar-refractivity contribution is 5.80. The van der Waals surface area contributed by atoms with Crippen molar-refractivity contribution in [2.75, 3.05) is 20.6 Å². The van der Waals surface area contributed by atoms with Crippen LogP contribution in [0.15, 0.2) is 0 Å². The monoisotopic (exact) mass is 226 g/mol. The molecule has 0 aromatic heterocycles. The number of carbonyl (C=O) groups is 1. The first-order valence-electron chi connectivity index (χ1n) is 6.56. The number of amides is 1. The molecule has 0 aromatic rings. The maximum absolute atomic E-state index is 11.6. The van der Waals surface area contributed by atoms with Crippen LogP contribution in [-0.4, -0.2) is 37.5 Å². The summed E-state index contributed by atoms with van der Waals surface area (Å²) in [7, 11) is 3.61. The van der Waals surface area contributed by atoms with E-state index in [0.717, 1.165) is 12.5 Å². The van der Waals surface area contributed by atoms with Crippen molar-refractivity contribution in [2.24, 2.45) is 5.92 Å². The van der Waals surface area contributed by atoms with E-state index in [9.17, 15) is 4.79 Å². The topological polar surface area (TPSA) is 32.3 Å². The zero-order chi connectivity index (χ0) is 12.0. The lowest BCUT2D eigenvalue weighted by Gasteiger charge is -2.18. The van der Waals surface area contributed by atoms with Crippen molar-refractivity contribution < 1.29 is 4.79 Å². The van der Waals surface area contributed by atoms with Crippen molar-refractivity contribution in [1.29, 1.82) is 0 Å². The second-order valence-electron chi connectivity index (χ2n) is 5.20. The van der Waals surface area contributed by atoms with Crippen molar-refractivity contribution in [3.63, 3.8) is 0 Å². The minimum atomic E-state index is -0.0430. The van der Waals surface area contributed by atoms with Crippen LogP contribution >= 0.6 is 0 Å². The van der Waals surface area contributed by atoms with Gasteiger partial charge in [0.2, 0.25) is 5.91 Å². The van der Waals surface area contributed by atoms with E-state index >= 15 is 0 Å². The summed E-state index contributed by atoms with van der Waals surface area (Å²) in [5, 5.41) is 3.30. The van der Waals surface area contributed by atoms with Crippen LogP contribution in [0.5, 0.6) is 0 Å². The number of nitrogens with zero attached hydrogens (tertiary/aromatic N) is 1. The molecule has 0 heterocycles. The van der Waals surface area contributed by atoms with Gasteiger partial charge in [0.15, 0.2) is 0 Å². The van der Waals surface area contributed by atoms with Gasteiger partial charge in [-0.3, -0.25) is 4.79 Å². The fourth-order valence-electron chi connectivity index (χ4n) is 2.48. The first kappa shape index (κ1) is 13.5. The van der Waals surface area contributed by atoms with E-state index in [4.69, 9.17) is 0 Å². The zero-order valence-corrected chi connectivity index (χ0v) is 11.0. The smallest absolute Gasteiger partial charge is 0.238 e. The maximum Gasteiger partial charge on any atom is 0.238 e. The highest BCUT2D eigenvalue weighted by Gasteiger charge is 2.16.